The summed E-state index contributed by atoms with van der Waals surface area (Å²) < 4.78 is 5.42. The fourth-order valence-electron chi connectivity index (χ4n) is 3.23. The Kier molecular flexibility index (Phi) is 6.77. The summed E-state index contributed by atoms with van der Waals surface area (Å²) in [6.07, 6.45) is 0.811. The second-order valence-electron chi connectivity index (χ2n) is 7.41. The molecule has 0 radical (unpaired) electrons. The van der Waals surface area contributed by atoms with Gasteiger partial charge in [0.1, 0.15) is 0 Å². The van der Waals surface area contributed by atoms with Crippen LogP contribution in [0, 0.1) is 13.8 Å². The second kappa shape index (κ2) is 9.48. The molecule has 30 heavy (non-hydrogen) atoms. The number of hydrogen-bond donors (Lipinski definition) is 1. The average molecular weight is 405 g/mol. The van der Waals surface area contributed by atoms with Gasteiger partial charge in [-0.2, -0.15) is 0 Å². The third kappa shape index (κ3) is 5.00. The van der Waals surface area contributed by atoms with Gasteiger partial charge in [0.15, 0.2) is 6.10 Å². The highest BCUT2D eigenvalue weighted by Crippen LogP contribution is 2.19. The van der Waals surface area contributed by atoms with Crippen molar-refractivity contribution in [2.24, 2.45) is 0 Å². The zero-order valence-corrected chi connectivity index (χ0v) is 17.8. The topological polar surface area (TPSA) is 81.2 Å². The standard InChI is InChI=1S/C24H27N3O3/c1-5-9-20(18-10-7-6-8-11-18)27-23(28)17(4)30-24(29)19-12-13-21-22(14-19)26-16(3)15(2)25-21/h6-8,10-14,17,20H,5,9H2,1-4H3,(H,27,28)/t17-,20+/m1/s1. The largest absolute Gasteiger partial charge is 0.449 e. The highest BCUT2D eigenvalue weighted by molar-refractivity contribution is 5.95. The fourth-order valence-corrected chi connectivity index (χ4v) is 3.23. The number of aromatic nitrogens is 2. The number of nitrogens with one attached hydrogen (secondary N) is 1. The number of aryl methyl sites for hydroxylation is 2. The molecule has 2 aromatic carbocycles. The molecule has 0 aliphatic rings. The van der Waals surface area contributed by atoms with Crippen LogP contribution in [0.25, 0.3) is 11.0 Å². The van der Waals surface area contributed by atoms with E-state index in [0.717, 1.165) is 29.8 Å². The van der Waals surface area contributed by atoms with Gasteiger partial charge in [-0.15, -0.1) is 0 Å². The third-order valence-corrected chi connectivity index (χ3v) is 5.06. The Morgan fingerprint density at radius 3 is 2.33 bits per heavy atom. The molecule has 3 rings (SSSR count). The molecule has 0 bridgehead atoms. The average Bonchev–Trinajstić information content (AvgIpc) is 2.74. The van der Waals surface area contributed by atoms with Gasteiger partial charge in [0.25, 0.3) is 5.91 Å². The van der Waals surface area contributed by atoms with E-state index in [-0.39, 0.29) is 11.9 Å². The molecule has 1 aromatic heterocycles. The molecule has 6 nitrogen and oxygen atoms in total. The van der Waals surface area contributed by atoms with Crippen LogP contribution >= 0.6 is 0 Å². The summed E-state index contributed by atoms with van der Waals surface area (Å²) in [4.78, 5) is 34.2. The summed E-state index contributed by atoms with van der Waals surface area (Å²) in [7, 11) is 0. The molecule has 0 aliphatic carbocycles. The van der Waals surface area contributed by atoms with Crippen LogP contribution in [0.3, 0.4) is 0 Å². The van der Waals surface area contributed by atoms with Crippen molar-refractivity contribution in [3.05, 3.63) is 71.0 Å². The number of rotatable bonds is 7. The van der Waals surface area contributed by atoms with Crippen LogP contribution in [0.2, 0.25) is 0 Å². The van der Waals surface area contributed by atoms with Crippen molar-refractivity contribution in [1.29, 1.82) is 0 Å². The van der Waals surface area contributed by atoms with Crippen LogP contribution in [0.4, 0.5) is 0 Å². The van der Waals surface area contributed by atoms with Crippen LogP contribution < -0.4 is 5.32 Å². The maximum atomic E-state index is 12.7. The van der Waals surface area contributed by atoms with E-state index in [1.807, 2.05) is 44.2 Å². The van der Waals surface area contributed by atoms with Crippen molar-refractivity contribution >= 4 is 22.9 Å². The number of esters is 1. The molecular formula is C24H27N3O3. The van der Waals surface area contributed by atoms with E-state index in [1.54, 1.807) is 25.1 Å². The number of amides is 1. The number of benzene rings is 2. The van der Waals surface area contributed by atoms with Gasteiger partial charge in [-0.05, 0) is 51.0 Å². The van der Waals surface area contributed by atoms with Crippen molar-refractivity contribution in [1.82, 2.24) is 15.3 Å². The summed E-state index contributed by atoms with van der Waals surface area (Å²) >= 11 is 0. The van der Waals surface area contributed by atoms with E-state index in [1.165, 1.54) is 0 Å². The highest BCUT2D eigenvalue weighted by Gasteiger charge is 2.22. The number of carbonyl (C=O) groups is 2. The minimum atomic E-state index is -0.915. The third-order valence-electron chi connectivity index (χ3n) is 5.06. The maximum absolute atomic E-state index is 12.7. The predicted octanol–water partition coefficient (Wildman–Crippen LogP) is 4.45. The van der Waals surface area contributed by atoms with Crippen LogP contribution in [-0.2, 0) is 9.53 Å². The Bertz CT molecular complexity index is 1050. The zero-order chi connectivity index (χ0) is 21.7. The molecule has 0 fully saturated rings. The van der Waals surface area contributed by atoms with Crippen molar-refractivity contribution in [3.8, 4) is 0 Å². The first-order valence-electron chi connectivity index (χ1n) is 10.2. The number of nitrogens with zero attached hydrogens (tertiary/aromatic N) is 2. The number of hydrogen-bond acceptors (Lipinski definition) is 5. The van der Waals surface area contributed by atoms with Gasteiger partial charge < -0.3 is 10.1 Å². The van der Waals surface area contributed by atoms with Crippen LogP contribution in [-0.4, -0.2) is 27.9 Å². The molecule has 1 heterocycles. The lowest BCUT2D eigenvalue weighted by Crippen LogP contribution is -2.38. The lowest BCUT2D eigenvalue weighted by Gasteiger charge is -2.21. The molecule has 156 valence electrons. The van der Waals surface area contributed by atoms with Crippen molar-refractivity contribution in [2.75, 3.05) is 0 Å². The van der Waals surface area contributed by atoms with Gasteiger partial charge in [-0.1, -0.05) is 43.7 Å². The molecule has 0 saturated carbocycles. The molecule has 0 aliphatic heterocycles. The second-order valence-corrected chi connectivity index (χ2v) is 7.41. The maximum Gasteiger partial charge on any atom is 0.338 e. The van der Waals surface area contributed by atoms with E-state index in [4.69, 9.17) is 4.74 Å². The highest BCUT2D eigenvalue weighted by atomic mass is 16.5. The van der Waals surface area contributed by atoms with E-state index in [2.05, 4.69) is 22.2 Å². The lowest BCUT2D eigenvalue weighted by atomic mass is 10.0. The number of ether oxygens (including phenoxy) is 1. The fraction of sp³-hybridized carbons (Fsp3) is 0.333. The molecule has 0 spiro atoms. The Labute approximate surface area is 176 Å². The molecule has 1 amide bonds. The van der Waals surface area contributed by atoms with Gasteiger partial charge in [0, 0.05) is 0 Å². The normalized spacial score (nSPS) is 12.9. The first-order valence-corrected chi connectivity index (χ1v) is 10.2. The summed E-state index contributed by atoms with van der Waals surface area (Å²) in [5.41, 5.74) is 4.37. The van der Waals surface area contributed by atoms with Crippen molar-refractivity contribution in [2.45, 2.75) is 52.7 Å². The van der Waals surface area contributed by atoms with E-state index >= 15 is 0 Å². The number of carbonyl (C=O) groups excluding carboxylic acids is 2. The summed E-state index contributed by atoms with van der Waals surface area (Å²) in [5.74, 6) is -0.885. The molecule has 0 saturated heterocycles. The minimum Gasteiger partial charge on any atom is -0.449 e. The van der Waals surface area contributed by atoms with E-state index in [0.29, 0.717) is 16.6 Å². The summed E-state index contributed by atoms with van der Waals surface area (Å²) in [5, 5.41) is 3.00. The molecule has 3 aromatic rings. The Morgan fingerprint density at radius 1 is 1.00 bits per heavy atom. The Morgan fingerprint density at radius 2 is 1.67 bits per heavy atom. The molecular weight excluding hydrogens is 378 g/mol. The zero-order valence-electron chi connectivity index (χ0n) is 17.8. The monoisotopic (exact) mass is 405 g/mol. The molecule has 0 unspecified atom stereocenters. The molecule has 6 heteroatoms. The van der Waals surface area contributed by atoms with Crippen molar-refractivity contribution in [3.63, 3.8) is 0 Å². The van der Waals surface area contributed by atoms with Crippen LogP contribution in [0.1, 0.15) is 60.0 Å². The number of fused-ring (bicyclic) bond motifs is 1. The van der Waals surface area contributed by atoms with Gasteiger partial charge in [-0.3, -0.25) is 4.79 Å². The first-order chi connectivity index (χ1) is 14.4. The predicted molar refractivity (Wildman–Crippen MR) is 116 cm³/mol. The van der Waals surface area contributed by atoms with E-state index in [9.17, 15) is 9.59 Å². The van der Waals surface area contributed by atoms with Gasteiger partial charge >= 0.3 is 5.97 Å². The van der Waals surface area contributed by atoms with E-state index < -0.39 is 12.1 Å². The van der Waals surface area contributed by atoms with Gasteiger partial charge in [0.2, 0.25) is 0 Å². The quantitative estimate of drug-likeness (QED) is 0.587. The van der Waals surface area contributed by atoms with Gasteiger partial charge in [-0.25, -0.2) is 14.8 Å². The first kappa shape index (κ1) is 21.4. The van der Waals surface area contributed by atoms with Crippen LogP contribution in [0.15, 0.2) is 48.5 Å². The Balaban J connectivity index is 1.69. The lowest BCUT2D eigenvalue weighted by molar-refractivity contribution is -0.129. The smallest absolute Gasteiger partial charge is 0.338 e. The Hall–Kier alpha value is -3.28. The summed E-state index contributed by atoms with van der Waals surface area (Å²) in [6, 6.07) is 14.7. The summed E-state index contributed by atoms with van der Waals surface area (Å²) in [6.45, 7) is 7.41. The minimum absolute atomic E-state index is 0.119. The molecule has 1 N–H and O–H groups in total. The van der Waals surface area contributed by atoms with Gasteiger partial charge in [0.05, 0.1) is 34.0 Å². The SMILES string of the molecule is CCC[C@H](NC(=O)[C@@H](C)OC(=O)c1ccc2nc(C)c(C)nc2c1)c1ccccc1. The van der Waals surface area contributed by atoms with Crippen molar-refractivity contribution < 1.29 is 14.3 Å². The molecule has 2 atom stereocenters. The van der Waals surface area contributed by atoms with Crippen LogP contribution in [0.5, 0.6) is 0 Å².